The summed E-state index contributed by atoms with van der Waals surface area (Å²) in [7, 11) is 0. The summed E-state index contributed by atoms with van der Waals surface area (Å²) in [6, 6.07) is 14.2. The van der Waals surface area contributed by atoms with Crippen LogP contribution in [0.25, 0.3) is 11.4 Å². The third-order valence-corrected chi connectivity index (χ3v) is 6.04. The van der Waals surface area contributed by atoms with E-state index >= 15 is 0 Å². The normalized spacial score (nSPS) is 16.4. The fourth-order valence-electron chi connectivity index (χ4n) is 4.30. The van der Waals surface area contributed by atoms with Crippen molar-refractivity contribution >= 4 is 5.91 Å². The lowest BCUT2D eigenvalue weighted by Gasteiger charge is -2.30. The average Bonchev–Trinajstić information content (AvgIpc) is 3.31. The molecule has 2 aromatic carbocycles. The number of carbonyl (C=O) groups is 1. The van der Waals surface area contributed by atoms with Gasteiger partial charge in [-0.1, -0.05) is 17.3 Å². The van der Waals surface area contributed by atoms with Crippen LogP contribution in [0.4, 0.5) is 4.39 Å². The first-order chi connectivity index (χ1) is 17.0. The van der Waals surface area contributed by atoms with Crippen LogP contribution in [0.1, 0.15) is 44.6 Å². The Labute approximate surface area is 205 Å². The van der Waals surface area contributed by atoms with Crippen molar-refractivity contribution in [2.75, 3.05) is 19.6 Å². The molecule has 1 aromatic heterocycles. The highest BCUT2D eigenvalue weighted by Gasteiger charge is 2.26. The quantitative estimate of drug-likeness (QED) is 0.427. The first-order valence-electron chi connectivity index (χ1n) is 12.3. The molecule has 1 aliphatic rings. The molecule has 8 heteroatoms. The zero-order valence-corrected chi connectivity index (χ0v) is 20.4. The Hall–Kier alpha value is -3.26. The van der Waals surface area contributed by atoms with Crippen molar-refractivity contribution < 1.29 is 18.4 Å². The molecule has 3 aromatic rings. The molecule has 1 unspecified atom stereocenters. The molecular weight excluding hydrogens is 447 g/mol. The van der Waals surface area contributed by atoms with Crippen molar-refractivity contribution in [3.63, 3.8) is 0 Å². The van der Waals surface area contributed by atoms with Crippen LogP contribution in [0.2, 0.25) is 0 Å². The van der Waals surface area contributed by atoms with Crippen molar-refractivity contribution in [3.8, 4) is 17.1 Å². The van der Waals surface area contributed by atoms with Gasteiger partial charge in [-0.05, 0) is 88.0 Å². The maximum atomic E-state index is 13.1. The molecule has 2 heterocycles. The molecule has 0 spiro atoms. The number of nitrogens with zero attached hydrogens (tertiary/aromatic N) is 3. The van der Waals surface area contributed by atoms with E-state index < -0.39 is 0 Å². The number of ether oxygens (including phenoxy) is 1. The van der Waals surface area contributed by atoms with Gasteiger partial charge in [0, 0.05) is 18.7 Å². The summed E-state index contributed by atoms with van der Waals surface area (Å²) in [6.45, 7) is 6.73. The van der Waals surface area contributed by atoms with Crippen LogP contribution in [0.15, 0.2) is 53.1 Å². The van der Waals surface area contributed by atoms with Crippen molar-refractivity contribution in [3.05, 3.63) is 65.8 Å². The van der Waals surface area contributed by atoms with Crippen LogP contribution >= 0.6 is 0 Å². The monoisotopic (exact) mass is 480 g/mol. The van der Waals surface area contributed by atoms with E-state index in [1.807, 2.05) is 26.0 Å². The Morgan fingerprint density at radius 3 is 2.71 bits per heavy atom. The number of piperidine rings is 1. The molecule has 0 aliphatic carbocycles. The van der Waals surface area contributed by atoms with E-state index in [0.29, 0.717) is 36.9 Å². The van der Waals surface area contributed by atoms with Gasteiger partial charge in [-0.3, -0.25) is 9.69 Å². The predicted octanol–water partition coefficient (Wildman–Crippen LogP) is 4.62. The summed E-state index contributed by atoms with van der Waals surface area (Å²) in [5.74, 6) is 1.57. The Balaban J connectivity index is 1.19. The molecular formula is C27H33FN4O3. The predicted molar refractivity (Wildman–Crippen MR) is 131 cm³/mol. The molecule has 0 bridgehead atoms. The van der Waals surface area contributed by atoms with Crippen LogP contribution in [-0.2, 0) is 17.8 Å². The zero-order valence-electron chi connectivity index (χ0n) is 20.4. The summed E-state index contributed by atoms with van der Waals surface area (Å²) in [4.78, 5) is 19.3. The number of hydrogen-bond acceptors (Lipinski definition) is 6. The Bertz CT molecular complexity index is 1080. The van der Waals surface area contributed by atoms with Crippen LogP contribution < -0.4 is 10.1 Å². The maximum absolute atomic E-state index is 13.1. The number of rotatable bonds is 10. The van der Waals surface area contributed by atoms with Gasteiger partial charge in [0.1, 0.15) is 11.6 Å². The Kier molecular flexibility index (Phi) is 8.47. The Morgan fingerprint density at radius 2 is 1.97 bits per heavy atom. The van der Waals surface area contributed by atoms with E-state index in [-0.39, 0.29) is 23.7 Å². The van der Waals surface area contributed by atoms with Gasteiger partial charge in [0.05, 0.1) is 18.6 Å². The van der Waals surface area contributed by atoms with Crippen molar-refractivity contribution in [2.24, 2.45) is 5.92 Å². The summed E-state index contributed by atoms with van der Waals surface area (Å²) >= 11 is 0. The SMILES string of the molecule is CC(C)Oc1ccc(CCCNC(=O)C2CCCN(Cc3nc(-c4ccc(F)cc4)no3)C2)cc1. The summed E-state index contributed by atoms with van der Waals surface area (Å²) < 4.78 is 24.2. The van der Waals surface area contributed by atoms with Gasteiger partial charge in [0.15, 0.2) is 0 Å². The molecule has 1 atom stereocenters. The molecule has 1 N–H and O–H groups in total. The van der Waals surface area contributed by atoms with Crippen LogP contribution in [-0.4, -0.2) is 46.7 Å². The molecule has 1 saturated heterocycles. The first-order valence-corrected chi connectivity index (χ1v) is 12.3. The molecule has 1 aliphatic heterocycles. The van der Waals surface area contributed by atoms with E-state index in [2.05, 4.69) is 32.5 Å². The number of aryl methyl sites for hydroxylation is 1. The standard InChI is InChI=1S/C27H33FN4O3/c1-19(2)34-24-13-7-20(8-14-24)5-3-15-29-27(33)22-6-4-16-32(17-22)18-25-30-26(31-35-25)21-9-11-23(28)12-10-21/h7-14,19,22H,3-6,15-18H2,1-2H3,(H,29,33). The molecule has 7 nitrogen and oxygen atoms in total. The summed E-state index contributed by atoms with van der Waals surface area (Å²) in [5.41, 5.74) is 1.94. The average molecular weight is 481 g/mol. The number of nitrogens with one attached hydrogen (secondary N) is 1. The number of amides is 1. The van der Waals surface area contributed by atoms with E-state index in [4.69, 9.17) is 9.26 Å². The minimum atomic E-state index is -0.305. The van der Waals surface area contributed by atoms with Gasteiger partial charge < -0.3 is 14.6 Å². The second-order valence-corrected chi connectivity index (χ2v) is 9.30. The largest absolute Gasteiger partial charge is 0.491 e. The molecule has 35 heavy (non-hydrogen) atoms. The second-order valence-electron chi connectivity index (χ2n) is 9.30. The van der Waals surface area contributed by atoms with Gasteiger partial charge in [-0.15, -0.1) is 0 Å². The number of hydrogen-bond donors (Lipinski definition) is 1. The third-order valence-electron chi connectivity index (χ3n) is 6.04. The van der Waals surface area contributed by atoms with Crippen LogP contribution in [0.5, 0.6) is 5.75 Å². The minimum Gasteiger partial charge on any atom is -0.491 e. The van der Waals surface area contributed by atoms with Crippen molar-refractivity contribution in [1.82, 2.24) is 20.4 Å². The second kappa shape index (κ2) is 11.9. The zero-order chi connectivity index (χ0) is 24.6. The highest BCUT2D eigenvalue weighted by atomic mass is 19.1. The number of benzene rings is 2. The van der Waals surface area contributed by atoms with E-state index in [1.165, 1.54) is 17.7 Å². The van der Waals surface area contributed by atoms with Gasteiger partial charge in [0.2, 0.25) is 17.6 Å². The molecule has 4 rings (SSSR count). The molecule has 0 saturated carbocycles. The molecule has 1 amide bonds. The lowest BCUT2D eigenvalue weighted by atomic mass is 9.97. The van der Waals surface area contributed by atoms with Gasteiger partial charge >= 0.3 is 0 Å². The first kappa shape index (κ1) is 24.9. The summed E-state index contributed by atoms with van der Waals surface area (Å²) in [5, 5.41) is 7.11. The minimum absolute atomic E-state index is 0.0456. The molecule has 0 radical (unpaired) electrons. The highest BCUT2D eigenvalue weighted by molar-refractivity contribution is 5.78. The topological polar surface area (TPSA) is 80.5 Å². The van der Waals surface area contributed by atoms with Gasteiger partial charge in [-0.25, -0.2) is 4.39 Å². The molecule has 186 valence electrons. The van der Waals surface area contributed by atoms with Crippen LogP contribution in [0, 0.1) is 11.7 Å². The molecule has 1 fully saturated rings. The maximum Gasteiger partial charge on any atom is 0.241 e. The fraction of sp³-hybridized carbons (Fsp3) is 0.444. The lowest BCUT2D eigenvalue weighted by molar-refractivity contribution is -0.126. The van der Waals surface area contributed by atoms with Gasteiger partial charge in [-0.2, -0.15) is 4.98 Å². The van der Waals surface area contributed by atoms with E-state index in [9.17, 15) is 9.18 Å². The number of carbonyl (C=O) groups excluding carboxylic acids is 1. The summed E-state index contributed by atoms with van der Waals surface area (Å²) in [6.07, 6.45) is 3.79. The van der Waals surface area contributed by atoms with Crippen molar-refractivity contribution in [2.45, 2.75) is 52.2 Å². The van der Waals surface area contributed by atoms with E-state index in [1.54, 1.807) is 12.1 Å². The lowest BCUT2D eigenvalue weighted by Crippen LogP contribution is -2.43. The van der Waals surface area contributed by atoms with Crippen molar-refractivity contribution in [1.29, 1.82) is 0 Å². The Morgan fingerprint density at radius 1 is 1.20 bits per heavy atom. The van der Waals surface area contributed by atoms with E-state index in [0.717, 1.165) is 38.0 Å². The number of likely N-dealkylation sites (tertiary alicyclic amines) is 1. The number of aromatic nitrogens is 2. The highest BCUT2D eigenvalue weighted by Crippen LogP contribution is 2.21. The number of halogens is 1. The fourth-order valence-corrected chi connectivity index (χ4v) is 4.30. The van der Waals surface area contributed by atoms with Gasteiger partial charge in [0.25, 0.3) is 0 Å². The third kappa shape index (κ3) is 7.36. The van der Waals surface area contributed by atoms with Crippen LogP contribution in [0.3, 0.4) is 0 Å². The smallest absolute Gasteiger partial charge is 0.241 e.